The van der Waals surface area contributed by atoms with E-state index >= 15 is 0 Å². The minimum absolute atomic E-state index is 0.903. The van der Waals surface area contributed by atoms with Crippen molar-refractivity contribution in [1.82, 2.24) is 0 Å². The maximum absolute atomic E-state index is 6.25. The summed E-state index contributed by atoms with van der Waals surface area (Å²) >= 11 is 1.85. The summed E-state index contributed by atoms with van der Waals surface area (Å²) in [4.78, 5) is 2.39. The molecule has 9 aromatic carbocycles. The molecule has 0 saturated carbocycles. The number of anilines is 3. The summed E-state index contributed by atoms with van der Waals surface area (Å²) < 4.78 is 8.87. The average Bonchev–Trinajstić information content (AvgIpc) is 3.82. The van der Waals surface area contributed by atoms with E-state index in [4.69, 9.17) is 4.42 Å². The van der Waals surface area contributed by atoms with Crippen LogP contribution in [0.15, 0.2) is 205 Å². The highest BCUT2D eigenvalue weighted by Gasteiger charge is 2.19. The molecule has 0 atom stereocenters. The van der Waals surface area contributed by atoms with Gasteiger partial charge in [-0.3, -0.25) is 0 Å². The molecule has 3 heteroatoms. The Kier molecular flexibility index (Phi) is 7.39. The molecule has 0 aliphatic rings. The smallest absolute Gasteiger partial charge is 0.136 e. The van der Waals surface area contributed by atoms with Crippen LogP contribution in [-0.4, -0.2) is 0 Å². The first kappa shape index (κ1) is 31.6. The Hall–Kier alpha value is -6.94. The molecule has 2 aromatic heterocycles. The average molecular weight is 720 g/mol. The summed E-state index contributed by atoms with van der Waals surface area (Å²) in [6.45, 7) is 0. The number of fused-ring (bicyclic) bond motifs is 7. The number of rotatable bonds is 6. The van der Waals surface area contributed by atoms with E-state index < -0.39 is 0 Å². The van der Waals surface area contributed by atoms with Crippen LogP contribution in [0.5, 0.6) is 0 Å². The van der Waals surface area contributed by atoms with Gasteiger partial charge >= 0.3 is 0 Å². The largest absolute Gasteiger partial charge is 0.456 e. The zero-order valence-electron chi connectivity index (χ0n) is 29.8. The van der Waals surface area contributed by atoms with E-state index in [9.17, 15) is 0 Å². The number of thiophene rings is 1. The maximum Gasteiger partial charge on any atom is 0.136 e. The molecule has 0 aliphatic heterocycles. The van der Waals surface area contributed by atoms with Crippen molar-refractivity contribution in [1.29, 1.82) is 0 Å². The second-order valence-electron chi connectivity index (χ2n) is 14.1. The monoisotopic (exact) mass is 719 g/mol. The minimum Gasteiger partial charge on any atom is -0.456 e. The lowest BCUT2D eigenvalue weighted by Gasteiger charge is -2.28. The highest BCUT2D eigenvalue weighted by atomic mass is 32.1. The van der Waals surface area contributed by atoms with Gasteiger partial charge in [0.1, 0.15) is 11.2 Å². The van der Waals surface area contributed by atoms with Crippen molar-refractivity contribution in [3.05, 3.63) is 200 Å². The Morgan fingerprint density at radius 1 is 0.345 bits per heavy atom. The summed E-state index contributed by atoms with van der Waals surface area (Å²) in [6.07, 6.45) is 0. The van der Waals surface area contributed by atoms with Crippen LogP contribution in [0.1, 0.15) is 0 Å². The van der Waals surface area contributed by atoms with E-state index in [1.807, 2.05) is 23.5 Å². The number of para-hydroxylation sites is 2. The van der Waals surface area contributed by atoms with E-state index in [0.717, 1.165) is 50.1 Å². The first-order valence-corrected chi connectivity index (χ1v) is 19.5. The van der Waals surface area contributed by atoms with Gasteiger partial charge in [0.05, 0.1) is 5.69 Å². The van der Waals surface area contributed by atoms with Gasteiger partial charge in [-0.1, -0.05) is 127 Å². The van der Waals surface area contributed by atoms with E-state index in [-0.39, 0.29) is 0 Å². The van der Waals surface area contributed by atoms with Gasteiger partial charge in [-0.15, -0.1) is 11.3 Å². The summed E-state index contributed by atoms with van der Waals surface area (Å²) in [6, 6.07) is 72.4. The van der Waals surface area contributed by atoms with Crippen molar-refractivity contribution in [3.8, 4) is 33.4 Å². The Labute approximate surface area is 322 Å². The lowest BCUT2D eigenvalue weighted by atomic mass is 9.98. The predicted molar refractivity (Wildman–Crippen MR) is 235 cm³/mol. The van der Waals surface area contributed by atoms with Gasteiger partial charge in [-0.05, 0) is 111 Å². The van der Waals surface area contributed by atoms with Crippen molar-refractivity contribution in [2.75, 3.05) is 4.90 Å². The minimum atomic E-state index is 0.903. The number of hydrogen-bond donors (Lipinski definition) is 0. The second kappa shape index (κ2) is 12.9. The van der Waals surface area contributed by atoms with E-state index in [0.29, 0.717) is 0 Å². The fraction of sp³-hybridized carbons (Fsp3) is 0. The third kappa shape index (κ3) is 5.48. The van der Waals surface area contributed by atoms with E-state index in [1.165, 1.54) is 53.2 Å². The number of benzene rings is 9. The molecule has 0 bridgehead atoms. The molecule has 0 fully saturated rings. The normalized spacial score (nSPS) is 11.6. The molecule has 11 rings (SSSR count). The predicted octanol–water partition coefficient (Wildman–Crippen LogP) is 15.6. The Balaban J connectivity index is 1.03. The van der Waals surface area contributed by atoms with Gasteiger partial charge < -0.3 is 9.32 Å². The Bertz CT molecular complexity index is 3210. The maximum atomic E-state index is 6.25. The van der Waals surface area contributed by atoms with Gasteiger partial charge in [0, 0.05) is 47.9 Å². The molecule has 0 aliphatic carbocycles. The van der Waals surface area contributed by atoms with Crippen molar-refractivity contribution in [2.45, 2.75) is 0 Å². The van der Waals surface area contributed by atoms with E-state index in [2.05, 4.69) is 193 Å². The van der Waals surface area contributed by atoms with Crippen molar-refractivity contribution in [2.24, 2.45) is 0 Å². The van der Waals surface area contributed by atoms with Crippen molar-refractivity contribution in [3.63, 3.8) is 0 Å². The van der Waals surface area contributed by atoms with Crippen LogP contribution >= 0.6 is 11.3 Å². The van der Waals surface area contributed by atoms with Gasteiger partial charge in [0.25, 0.3) is 0 Å². The molecule has 55 heavy (non-hydrogen) atoms. The van der Waals surface area contributed by atoms with Crippen LogP contribution in [0.3, 0.4) is 0 Å². The lowest BCUT2D eigenvalue weighted by Crippen LogP contribution is -2.11. The standard InChI is InChI=1S/C52H33NOS/c1-2-10-37-31-38(18-17-34(37)9-1)35-19-25-41(26-20-35)53(42-27-21-36(22-28-42)39-23-29-45-44-12-4-7-15-49(44)54-50(45)33-39)48-14-6-3-11-43(48)40-24-30-52-47(32-40)46-13-5-8-16-51(46)55-52/h1-33H. The fourth-order valence-electron chi connectivity index (χ4n) is 8.11. The molecule has 0 N–H and O–H groups in total. The number of furan rings is 1. The number of hydrogen-bond acceptors (Lipinski definition) is 3. The third-order valence-electron chi connectivity index (χ3n) is 10.9. The van der Waals surface area contributed by atoms with Gasteiger partial charge in [0.15, 0.2) is 0 Å². The molecular formula is C52H33NOS. The van der Waals surface area contributed by atoms with Crippen LogP contribution < -0.4 is 4.90 Å². The van der Waals surface area contributed by atoms with Crippen molar-refractivity contribution < 1.29 is 4.42 Å². The summed E-state index contributed by atoms with van der Waals surface area (Å²) in [7, 11) is 0. The molecule has 11 aromatic rings. The van der Waals surface area contributed by atoms with Crippen LogP contribution in [0.25, 0.3) is 86.3 Å². The second-order valence-corrected chi connectivity index (χ2v) is 15.2. The molecule has 2 nitrogen and oxygen atoms in total. The molecule has 2 heterocycles. The Morgan fingerprint density at radius 3 is 1.75 bits per heavy atom. The zero-order valence-corrected chi connectivity index (χ0v) is 30.6. The highest BCUT2D eigenvalue weighted by molar-refractivity contribution is 7.25. The van der Waals surface area contributed by atoms with Crippen LogP contribution in [0.4, 0.5) is 17.1 Å². The summed E-state index contributed by atoms with van der Waals surface area (Å²) in [5.74, 6) is 0. The fourth-order valence-corrected chi connectivity index (χ4v) is 9.20. The topological polar surface area (TPSA) is 16.4 Å². The SMILES string of the molecule is c1ccc(N(c2ccc(-c3ccc4ccccc4c3)cc2)c2ccc(-c3ccc4c(c3)oc3ccccc34)cc2)c(-c2ccc3sc4ccccc4c3c2)c1. The van der Waals surface area contributed by atoms with Crippen molar-refractivity contribution >= 4 is 81.3 Å². The van der Waals surface area contributed by atoms with Gasteiger partial charge in [0.2, 0.25) is 0 Å². The quantitative estimate of drug-likeness (QED) is 0.170. The summed E-state index contributed by atoms with van der Waals surface area (Å²) in [5.41, 5.74) is 12.2. The van der Waals surface area contributed by atoms with Crippen LogP contribution in [0, 0.1) is 0 Å². The molecule has 0 saturated heterocycles. The first-order valence-electron chi connectivity index (χ1n) is 18.7. The summed E-state index contributed by atoms with van der Waals surface area (Å²) in [5, 5.41) is 7.38. The van der Waals surface area contributed by atoms with Gasteiger partial charge in [-0.25, -0.2) is 0 Å². The molecule has 0 spiro atoms. The van der Waals surface area contributed by atoms with Crippen LogP contribution in [0.2, 0.25) is 0 Å². The Morgan fingerprint density at radius 2 is 0.927 bits per heavy atom. The molecular weight excluding hydrogens is 687 g/mol. The van der Waals surface area contributed by atoms with E-state index in [1.54, 1.807) is 0 Å². The molecule has 0 amide bonds. The van der Waals surface area contributed by atoms with Crippen LogP contribution in [-0.2, 0) is 0 Å². The number of nitrogens with zero attached hydrogens (tertiary/aromatic N) is 1. The lowest BCUT2D eigenvalue weighted by molar-refractivity contribution is 0.669. The molecule has 258 valence electrons. The molecule has 0 radical (unpaired) electrons. The first-order chi connectivity index (χ1) is 27.2. The zero-order chi connectivity index (χ0) is 36.3. The third-order valence-corrected chi connectivity index (χ3v) is 12.0. The molecule has 0 unspecified atom stereocenters. The van der Waals surface area contributed by atoms with Gasteiger partial charge in [-0.2, -0.15) is 0 Å². The highest BCUT2D eigenvalue weighted by Crippen LogP contribution is 2.44.